The first-order chi connectivity index (χ1) is 6.07. The van der Waals surface area contributed by atoms with Crippen LogP contribution < -0.4 is 5.73 Å². The molecule has 0 aromatic heterocycles. The number of aromatic hydroxyl groups is 1. The van der Waals surface area contributed by atoms with Gasteiger partial charge in [0.25, 0.3) is 0 Å². The van der Waals surface area contributed by atoms with Crippen molar-refractivity contribution in [2.24, 2.45) is 5.73 Å². The maximum absolute atomic E-state index is 13.0. The molecule has 0 unspecified atom stereocenters. The molecule has 0 spiro atoms. The fourth-order valence-electron chi connectivity index (χ4n) is 1.20. The molecule has 0 aliphatic rings. The number of halogens is 2. The quantitative estimate of drug-likeness (QED) is 0.841. The molecule has 3 N–H and O–H groups in total. The summed E-state index contributed by atoms with van der Waals surface area (Å²) in [5.74, 6) is -0.896. The lowest BCUT2D eigenvalue weighted by atomic mass is 10.0. The Labute approximate surface area is 84.7 Å². The van der Waals surface area contributed by atoms with Crippen LogP contribution in [0, 0.1) is 12.7 Å². The fourth-order valence-corrected chi connectivity index (χ4v) is 1.64. The smallest absolute Gasteiger partial charge is 0.166 e. The summed E-state index contributed by atoms with van der Waals surface area (Å²) in [6.45, 7) is 2.21. The molecule has 0 saturated carbocycles. The summed E-state index contributed by atoms with van der Waals surface area (Å²) in [7, 11) is 0. The molecule has 0 radical (unpaired) electrons. The van der Waals surface area contributed by atoms with E-state index < -0.39 is 5.82 Å². The minimum atomic E-state index is -0.610. The summed E-state index contributed by atoms with van der Waals surface area (Å²) >= 11 is 3.21. The van der Waals surface area contributed by atoms with E-state index in [4.69, 9.17) is 5.73 Å². The highest BCUT2D eigenvalue weighted by molar-refractivity contribution is 9.10. The monoisotopic (exact) mass is 247 g/mol. The Morgan fingerprint density at radius 3 is 2.77 bits per heavy atom. The molecule has 0 aliphatic heterocycles. The second-order valence-corrected chi connectivity index (χ2v) is 3.69. The van der Waals surface area contributed by atoms with E-state index >= 15 is 0 Å². The Bertz CT molecular complexity index is 302. The lowest BCUT2D eigenvalue weighted by Crippen LogP contribution is -2.05. The van der Waals surface area contributed by atoms with Gasteiger partial charge in [-0.25, -0.2) is 4.39 Å². The Hall–Kier alpha value is -0.610. The second kappa shape index (κ2) is 4.07. The number of phenols is 1. The van der Waals surface area contributed by atoms with Crippen molar-refractivity contribution in [3.8, 4) is 5.75 Å². The number of rotatable bonds is 2. The van der Waals surface area contributed by atoms with Crippen LogP contribution in [0.25, 0.3) is 0 Å². The molecule has 1 aromatic rings. The molecule has 13 heavy (non-hydrogen) atoms. The third-order valence-corrected chi connectivity index (χ3v) is 2.79. The van der Waals surface area contributed by atoms with E-state index in [2.05, 4.69) is 15.9 Å². The van der Waals surface area contributed by atoms with E-state index in [1.165, 1.54) is 6.07 Å². The van der Waals surface area contributed by atoms with Gasteiger partial charge < -0.3 is 10.8 Å². The molecule has 0 heterocycles. The van der Waals surface area contributed by atoms with E-state index in [1.54, 1.807) is 0 Å². The van der Waals surface area contributed by atoms with Crippen molar-refractivity contribution in [3.63, 3.8) is 0 Å². The highest BCUT2D eigenvalue weighted by atomic mass is 79.9. The van der Waals surface area contributed by atoms with Crippen LogP contribution in [0.3, 0.4) is 0 Å². The van der Waals surface area contributed by atoms with Gasteiger partial charge in [-0.2, -0.15) is 0 Å². The molecular weight excluding hydrogens is 237 g/mol. The third-order valence-electron chi connectivity index (χ3n) is 1.97. The van der Waals surface area contributed by atoms with Crippen LogP contribution in [0.4, 0.5) is 4.39 Å². The number of benzene rings is 1. The third kappa shape index (κ3) is 2.00. The number of hydrogen-bond acceptors (Lipinski definition) is 2. The molecule has 0 aliphatic carbocycles. The Morgan fingerprint density at radius 2 is 2.23 bits per heavy atom. The zero-order valence-corrected chi connectivity index (χ0v) is 8.86. The molecule has 4 heteroatoms. The predicted octanol–water partition coefficient (Wildman–Crippen LogP) is 2.10. The van der Waals surface area contributed by atoms with E-state index in [0.29, 0.717) is 23.0 Å². The molecule has 0 bridgehead atoms. The van der Waals surface area contributed by atoms with Crippen LogP contribution in [-0.4, -0.2) is 11.7 Å². The molecule has 0 fully saturated rings. The van der Waals surface area contributed by atoms with Gasteiger partial charge in [0.05, 0.1) is 0 Å². The zero-order chi connectivity index (χ0) is 10.0. The standard InChI is InChI=1S/C9H11BrFNO/c1-5-6(2-3-12)9(13)8(11)4-7(5)10/h4,13H,2-3,12H2,1H3. The lowest BCUT2D eigenvalue weighted by Gasteiger charge is -2.09. The van der Waals surface area contributed by atoms with Gasteiger partial charge in [-0.1, -0.05) is 15.9 Å². The highest BCUT2D eigenvalue weighted by Gasteiger charge is 2.12. The first kappa shape index (κ1) is 10.5. The first-order valence-corrected chi connectivity index (χ1v) is 4.73. The van der Waals surface area contributed by atoms with Gasteiger partial charge in [0.15, 0.2) is 11.6 Å². The van der Waals surface area contributed by atoms with Gasteiger partial charge in [0.1, 0.15) is 0 Å². The molecule has 0 amide bonds. The predicted molar refractivity (Wildman–Crippen MR) is 53.3 cm³/mol. The number of hydrogen-bond donors (Lipinski definition) is 2. The molecule has 1 aromatic carbocycles. The average molecular weight is 248 g/mol. The average Bonchev–Trinajstić information content (AvgIpc) is 2.09. The molecule has 0 saturated heterocycles. The summed E-state index contributed by atoms with van der Waals surface area (Å²) in [5.41, 5.74) is 6.77. The maximum Gasteiger partial charge on any atom is 0.166 e. The summed E-state index contributed by atoms with van der Waals surface area (Å²) in [6, 6.07) is 1.25. The Balaban J connectivity index is 3.28. The Morgan fingerprint density at radius 1 is 1.62 bits per heavy atom. The van der Waals surface area contributed by atoms with E-state index in [0.717, 1.165) is 5.56 Å². The largest absolute Gasteiger partial charge is 0.505 e. The van der Waals surface area contributed by atoms with E-state index in [1.807, 2.05) is 6.92 Å². The summed E-state index contributed by atoms with van der Waals surface area (Å²) < 4.78 is 13.7. The Kier molecular flexibility index (Phi) is 3.27. The van der Waals surface area contributed by atoms with Crippen LogP contribution in [0.1, 0.15) is 11.1 Å². The van der Waals surface area contributed by atoms with Gasteiger partial charge in [-0.05, 0) is 31.5 Å². The molecular formula is C9H11BrFNO. The van der Waals surface area contributed by atoms with Crippen LogP contribution in [0.5, 0.6) is 5.75 Å². The van der Waals surface area contributed by atoms with Crippen LogP contribution in [0.15, 0.2) is 10.5 Å². The molecule has 72 valence electrons. The molecule has 2 nitrogen and oxygen atoms in total. The van der Waals surface area contributed by atoms with Crippen molar-refractivity contribution in [2.75, 3.05) is 6.54 Å². The zero-order valence-electron chi connectivity index (χ0n) is 7.27. The van der Waals surface area contributed by atoms with Crippen LogP contribution in [-0.2, 0) is 6.42 Å². The van der Waals surface area contributed by atoms with Crippen LogP contribution >= 0.6 is 15.9 Å². The van der Waals surface area contributed by atoms with Gasteiger partial charge >= 0.3 is 0 Å². The topological polar surface area (TPSA) is 46.2 Å². The maximum atomic E-state index is 13.0. The van der Waals surface area contributed by atoms with Gasteiger partial charge in [-0.3, -0.25) is 0 Å². The number of nitrogens with two attached hydrogens (primary N) is 1. The molecule has 1 rings (SSSR count). The van der Waals surface area contributed by atoms with Crippen molar-refractivity contribution in [2.45, 2.75) is 13.3 Å². The van der Waals surface area contributed by atoms with E-state index in [9.17, 15) is 9.50 Å². The van der Waals surface area contributed by atoms with Crippen molar-refractivity contribution in [1.82, 2.24) is 0 Å². The van der Waals surface area contributed by atoms with E-state index in [-0.39, 0.29) is 5.75 Å². The minimum absolute atomic E-state index is 0.286. The molecule has 0 atom stereocenters. The van der Waals surface area contributed by atoms with Crippen LogP contribution in [0.2, 0.25) is 0 Å². The number of phenolic OH excluding ortho intramolecular Hbond substituents is 1. The first-order valence-electron chi connectivity index (χ1n) is 3.94. The lowest BCUT2D eigenvalue weighted by molar-refractivity contribution is 0.425. The fraction of sp³-hybridized carbons (Fsp3) is 0.333. The minimum Gasteiger partial charge on any atom is -0.505 e. The summed E-state index contributed by atoms with van der Waals surface area (Å²) in [4.78, 5) is 0. The van der Waals surface area contributed by atoms with Crippen molar-refractivity contribution in [1.29, 1.82) is 0 Å². The SMILES string of the molecule is Cc1c(Br)cc(F)c(O)c1CCN. The van der Waals surface area contributed by atoms with Gasteiger partial charge in [0, 0.05) is 10.0 Å². The van der Waals surface area contributed by atoms with Gasteiger partial charge in [-0.15, -0.1) is 0 Å². The highest BCUT2D eigenvalue weighted by Crippen LogP contribution is 2.30. The van der Waals surface area contributed by atoms with Crippen molar-refractivity contribution in [3.05, 3.63) is 27.5 Å². The summed E-state index contributed by atoms with van der Waals surface area (Å²) in [5, 5.41) is 9.38. The second-order valence-electron chi connectivity index (χ2n) is 2.83. The van der Waals surface area contributed by atoms with Crippen molar-refractivity contribution >= 4 is 15.9 Å². The van der Waals surface area contributed by atoms with Gasteiger partial charge in [0.2, 0.25) is 0 Å². The summed E-state index contributed by atoms with van der Waals surface area (Å²) in [6.07, 6.45) is 0.480. The van der Waals surface area contributed by atoms with Crippen molar-refractivity contribution < 1.29 is 9.50 Å². The normalized spacial score (nSPS) is 10.5.